The van der Waals surface area contributed by atoms with Crippen LogP contribution in [0.2, 0.25) is 0 Å². The van der Waals surface area contributed by atoms with Crippen molar-refractivity contribution < 1.29 is 24.3 Å². The fourth-order valence-electron chi connectivity index (χ4n) is 0.862. The second-order valence-electron chi connectivity index (χ2n) is 2.85. The average molecular weight is 291 g/mol. The summed E-state index contributed by atoms with van der Waals surface area (Å²) in [4.78, 5) is 11.2. The van der Waals surface area contributed by atoms with E-state index in [0.29, 0.717) is 12.8 Å². The van der Waals surface area contributed by atoms with E-state index in [-0.39, 0.29) is 25.3 Å². The third-order valence-corrected chi connectivity index (χ3v) is 1.57. The number of ketones is 1. The Bertz CT molecular complexity index is 234. The largest absolute Gasteiger partial charge is 0.299 e. The van der Waals surface area contributed by atoms with Gasteiger partial charge in [0.05, 0.1) is 0 Å². The molecule has 1 nitrogen and oxygen atoms in total. The second kappa shape index (κ2) is 13.3. The van der Waals surface area contributed by atoms with Crippen molar-refractivity contribution >= 4 is 5.78 Å². The molecule has 0 heterocycles. The van der Waals surface area contributed by atoms with Gasteiger partial charge in [-0.3, -0.25) is 4.79 Å². The molecule has 0 saturated carbocycles. The summed E-state index contributed by atoms with van der Waals surface area (Å²) in [6, 6.07) is 0. The number of allylic oxidation sites excluding steroid dienone is 8. The molecular weight excluding hydrogens is 273 g/mol. The van der Waals surface area contributed by atoms with Crippen LogP contribution >= 0.6 is 0 Å². The van der Waals surface area contributed by atoms with Crippen molar-refractivity contribution in [2.24, 2.45) is 0 Å². The predicted octanol–water partition coefficient (Wildman–Crippen LogP) is 3.60. The summed E-state index contributed by atoms with van der Waals surface area (Å²) < 4.78 is 0. The zero-order chi connectivity index (χ0) is 10.6. The number of hydrogen-bond donors (Lipinski definition) is 0. The summed E-state index contributed by atoms with van der Waals surface area (Å²) in [7, 11) is 0. The van der Waals surface area contributed by atoms with Crippen LogP contribution in [-0.4, -0.2) is 5.78 Å². The van der Waals surface area contributed by atoms with E-state index in [1.807, 2.05) is 62.5 Å². The van der Waals surface area contributed by atoms with E-state index < -0.39 is 0 Å². The van der Waals surface area contributed by atoms with Gasteiger partial charge in [0.1, 0.15) is 5.78 Å². The Kier molecular flexibility index (Phi) is 14.7. The number of rotatable bonds is 6. The molecule has 0 saturated heterocycles. The Hall–Kier alpha value is -0.747. The molecule has 0 fully saturated rings. The minimum Gasteiger partial charge on any atom is -0.299 e. The van der Waals surface area contributed by atoms with Gasteiger partial charge in [-0.15, -0.1) is 0 Å². The van der Waals surface area contributed by atoms with Gasteiger partial charge in [-0.1, -0.05) is 48.6 Å². The van der Waals surface area contributed by atoms with Crippen molar-refractivity contribution in [2.75, 3.05) is 0 Å². The summed E-state index contributed by atoms with van der Waals surface area (Å²) in [6.07, 6.45) is 16.3. The van der Waals surface area contributed by atoms with Gasteiger partial charge in [-0.25, -0.2) is 0 Å². The molecule has 0 aromatic rings. The molecule has 0 N–H and O–H groups in total. The molecule has 2 heteroatoms. The Morgan fingerprint density at radius 3 is 1.60 bits per heavy atom. The van der Waals surface area contributed by atoms with E-state index in [0.717, 1.165) is 0 Å². The first kappa shape index (κ1) is 16.7. The number of Topliss-reactive ketones (excluding diaryl/α,β-unsaturated/α-hetero) is 1. The van der Waals surface area contributed by atoms with Crippen LogP contribution in [0, 0.1) is 0 Å². The van der Waals surface area contributed by atoms with Crippen molar-refractivity contribution in [2.45, 2.75) is 26.7 Å². The Labute approximate surface area is 105 Å². The van der Waals surface area contributed by atoms with Crippen LogP contribution in [0.1, 0.15) is 26.7 Å². The minimum absolute atomic E-state index is 0. The van der Waals surface area contributed by atoms with Gasteiger partial charge in [-0.2, -0.15) is 0 Å². The van der Waals surface area contributed by atoms with Crippen molar-refractivity contribution in [1.29, 1.82) is 0 Å². The Morgan fingerprint density at radius 1 is 0.867 bits per heavy atom. The average Bonchev–Trinajstić information content (AvgIpc) is 2.19. The van der Waals surface area contributed by atoms with Gasteiger partial charge in [0.25, 0.3) is 0 Å². The molecule has 0 spiro atoms. The maximum absolute atomic E-state index is 11.2. The molecule has 15 heavy (non-hydrogen) atoms. The fraction of sp³-hybridized carbons (Fsp3) is 0.308. The van der Waals surface area contributed by atoms with Crippen molar-refractivity contribution in [3.63, 3.8) is 0 Å². The van der Waals surface area contributed by atoms with Crippen molar-refractivity contribution in [1.82, 2.24) is 0 Å². The molecule has 0 aliphatic rings. The molecule has 0 unspecified atom stereocenters. The first-order chi connectivity index (χ1) is 6.81. The molecule has 0 aliphatic carbocycles. The van der Waals surface area contributed by atoms with Crippen LogP contribution in [0.25, 0.3) is 0 Å². The van der Waals surface area contributed by atoms with Crippen LogP contribution in [0.3, 0.4) is 0 Å². The molecule has 0 rings (SSSR count). The van der Waals surface area contributed by atoms with E-state index in [4.69, 9.17) is 0 Å². The van der Waals surface area contributed by atoms with Crippen molar-refractivity contribution in [3.8, 4) is 0 Å². The zero-order valence-electron chi connectivity index (χ0n) is 9.29. The summed E-state index contributed by atoms with van der Waals surface area (Å²) in [5, 5.41) is 0. The van der Waals surface area contributed by atoms with Crippen LogP contribution in [0.5, 0.6) is 0 Å². The predicted molar refractivity (Wildman–Crippen MR) is 62.1 cm³/mol. The van der Waals surface area contributed by atoms with Gasteiger partial charge >= 0.3 is 0 Å². The van der Waals surface area contributed by atoms with E-state index >= 15 is 0 Å². The normalized spacial score (nSPS) is 11.9. The Balaban J connectivity index is 0. The third-order valence-electron chi connectivity index (χ3n) is 1.57. The third kappa shape index (κ3) is 13.3. The quantitative estimate of drug-likeness (QED) is 0.540. The Morgan fingerprint density at radius 2 is 1.27 bits per heavy atom. The van der Waals surface area contributed by atoms with Gasteiger partial charge in [0, 0.05) is 32.3 Å². The van der Waals surface area contributed by atoms with E-state index in [1.165, 1.54) is 0 Å². The molecule has 84 valence electrons. The molecule has 0 radical (unpaired) electrons. The molecular formula is C13H18ORu. The maximum atomic E-state index is 11.2. The first-order valence-corrected chi connectivity index (χ1v) is 4.88. The molecule has 0 bridgehead atoms. The monoisotopic (exact) mass is 292 g/mol. The van der Waals surface area contributed by atoms with Crippen molar-refractivity contribution in [3.05, 3.63) is 48.6 Å². The van der Waals surface area contributed by atoms with Gasteiger partial charge in [0.2, 0.25) is 0 Å². The van der Waals surface area contributed by atoms with E-state index in [9.17, 15) is 4.79 Å². The van der Waals surface area contributed by atoms with E-state index in [1.54, 1.807) is 0 Å². The van der Waals surface area contributed by atoms with Crippen LogP contribution in [-0.2, 0) is 24.3 Å². The second-order valence-corrected chi connectivity index (χ2v) is 2.85. The van der Waals surface area contributed by atoms with Gasteiger partial charge < -0.3 is 0 Å². The van der Waals surface area contributed by atoms with E-state index in [2.05, 4.69) is 0 Å². The topological polar surface area (TPSA) is 17.1 Å². The van der Waals surface area contributed by atoms with Gasteiger partial charge in [-0.05, 0) is 13.8 Å². The minimum atomic E-state index is 0. The fourth-order valence-corrected chi connectivity index (χ4v) is 0.862. The summed E-state index contributed by atoms with van der Waals surface area (Å²) in [6.45, 7) is 3.90. The van der Waals surface area contributed by atoms with Crippen LogP contribution < -0.4 is 0 Å². The maximum Gasteiger partial charge on any atom is 0.140 e. The molecule has 0 aliphatic heterocycles. The molecule has 0 aromatic carbocycles. The number of hydrogen-bond acceptors (Lipinski definition) is 1. The SMILES string of the molecule is C/C=C/C=C/CC(=O)C/C=C/C=C/C.[Ru]. The summed E-state index contributed by atoms with van der Waals surface area (Å²) in [5.74, 6) is 0.242. The molecule has 0 aromatic heterocycles. The summed E-state index contributed by atoms with van der Waals surface area (Å²) >= 11 is 0. The molecule has 0 atom stereocenters. The van der Waals surface area contributed by atoms with Gasteiger partial charge in [0.15, 0.2) is 0 Å². The zero-order valence-corrected chi connectivity index (χ0v) is 11.0. The summed E-state index contributed by atoms with van der Waals surface area (Å²) in [5.41, 5.74) is 0. The smallest absolute Gasteiger partial charge is 0.140 e. The van der Waals surface area contributed by atoms with Crippen LogP contribution in [0.4, 0.5) is 0 Å². The number of carbonyl (C=O) groups is 1. The van der Waals surface area contributed by atoms with Crippen LogP contribution in [0.15, 0.2) is 48.6 Å². The number of carbonyl (C=O) groups excluding carboxylic acids is 1. The molecule has 0 amide bonds. The standard InChI is InChI=1S/C13H18O.Ru/c1-3-5-7-9-11-13(14)12-10-8-6-4-2;/h3-10H,11-12H2,1-2H3;/b5-3+,6-4+,9-7+,10-8+;. The first-order valence-electron chi connectivity index (χ1n) is 4.88.